The number of benzene rings is 2. The maximum atomic E-state index is 13.1. The van der Waals surface area contributed by atoms with Crippen LogP contribution in [0.5, 0.6) is 0 Å². The summed E-state index contributed by atoms with van der Waals surface area (Å²) in [6.07, 6.45) is 5.55. The van der Waals surface area contributed by atoms with E-state index in [1.54, 1.807) is 10.6 Å². The topological polar surface area (TPSA) is 34.9 Å². The number of fused-ring (bicyclic) bond motifs is 1. The van der Waals surface area contributed by atoms with Crippen molar-refractivity contribution >= 4 is 10.9 Å². The zero-order chi connectivity index (χ0) is 15.7. The van der Waals surface area contributed by atoms with E-state index in [1.165, 1.54) is 0 Å². The molecule has 1 aromatic heterocycles. The highest BCUT2D eigenvalue weighted by atomic mass is 16.1. The zero-order valence-electron chi connectivity index (χ0n) is 12.6. The summed E-state index contributed by atoms with van der Waals surface area (Å²) in [5.74, 6) is 3.44. The summed E-state index contributed by atoms with van der Waals surface area (Å²) in [4.78, 5) is 17.7. The van der Waals surface area contributed by atoms with Crippen molar-refractivity contribution in [2.45, 2.75) is 19.8 Å². The molecule has 3 heteroatoms. The third-order valence-corrected chi connectivity index (χ3v) is 3.61. The summed E-state index contributed by atoms with van der Waals surface area (Å²) in [6.45, 7) is 4.05. The van der Waals surface area contributed by atoms with Crippen LogP contribution in [0.3, 0.4) is 0 Å². The smallest absolute Gasteiger partial charge is 0.267 e. The van der Waals surface area contributed by atoms with Crippen LogP contribution in [0.25, 0.3) is 16.6 Å². The molecule has 0 bridgehead atoms. The molecule has 0 amide bonds. The lowest BCUT2D eigenvalue weighted by atomic mass is 10.1. The lowest BCUT2D eigenvalue weighted by molar-refractivity contribution is 0.723. The summed E-state index contributed by atoms with van der Waals surface area (Å²) in [5.41, 5.74) is 1.91. The normalized spacial score (nSPS) is 10.8. The Morgan fingerprint density at radius 1 is 1.09 bits per heavy atom. The van der Waals surface area contributed by atoms with Gasteiger partial charge in [0.15, 0.2) is 0 Å². The van der Waals surface area contributed by atoms with Gasteiger partial charge in [-0.2, -0.15) is 0 Å². The summed E-state index contributed by atoms with van der Waals surface area (Å²) in [6, 6.07) is 15.0. The van der Waals surface area contributed by atoms with Crippen LogP contribution in [0.2, 0.25) is 0 Å². The van der Waals surface area contributed by atoms with Gasteiger partial charge in [0, 0.05) is 11.5 Å². The van der Waals surface area contributed by atoms with Gasteiger partial charge in [-0.3, -0.25) is 9.36 Å². The number of nitrogens with zero attached hydrogens (tertiary/aromatic N) is 2. The van der Waals surface area contributed by atoms with Crippen LogP contribution in [0, 0.1) is 12.3 Å². The molecule has 1 heterocycles. The van der Waals surface area contributed by atoms with Crippen LogP contribution < -0.4 is 5.56 Å². The predicted molar refractivity (Wildman–Crippen MR) is 89.4 cm³/mol. The highest BCUT2D eigenvalue weighted by Crippen LogP contribution is 2.20. The Kier molecular flexibility index (Phi) is 3.52. The largest absolute Gasteiger partial charge is 0.268 e. The van der Waals surface area contributed by atoms with E-state index in [2.05, 4.69) is 10.9 Å². The average molecular weight is 288 g/mol. The molecule has 0 aliphatic carbocycles. The second-order valence-electron chi connectivity index (χ2n) is 5.44. The molecule has 0 saturated carbocycles. The molecule has 0 N–H and O–H groups in total. The Balaban J connectivity index is 2.50. The minimum Gasteiger partial charge on any atom is -0.268 e. The van der Waals surface area contributed by atoms with Gasteiger partial charge < -0.3 is 0 Å². The Labute approximate surface area is 129 Å². The number of para-hydroxylation sites is 1. The molecule has 0 aliphatic rings. The molecular weight excluding hydrogens is 272 g/mol. The van der Waals surface area contributed by atoms with Crippen LogP contribution in [0.4, 0.5) is 0 Å². The van der Waals surface area contributed by atoms with Gasteiger partial charge in [0.25, 0.3) is 5.56 Å². The molecule has 3 rings (SSSR count). The van der Waals surface area contributed by atoms with Crippen LogP contribution >= 0.6 is 0 Å². The maximum absolute atomic E-state index is 13.1. The van der Waals surface area contributed by atoms with E-state index in [9.17, 15) is 4.79 Å². The Bertz CT molecular complexity index is 931. The highest BCUT2D eigenvalue weighted by molar-refractivity contribution is 5.84. The standard InChI is InChI=1S/C19H16N2O/c1-4-14-9-8-12-16-17(14)19(22)21(18(20-16)13(2)3)15-10-6-5-7-11-15/h1,5-13H,2-3H3. The van der Waals surface area contributed by atoms with Gasteiger partial charge in [-0.15, -0.1) is 6.42 Å². The molecule has 0 atom stereocenters. The molecule has 108 valence electrons. The monoisotopic (exact) mass is 288 g/mol. The maximum Gasteiger partial charge on any atom is 0.267 e. The molecule has 0 spiro atoms. The summed E-state index contributed by atoms with van der Waals surface area (Å²) in [5, 5.41) is 0.498. The van der Waals surface area contributed by atoms with Gasteiger partial charge in [-0.05, 0) is 24.3 Å². The fourth-order valence-corrected chi connectivity index (χ4v) is 2.58. The van der Waals surface area contributed by atoms with Crippen molar-refractivity contribution in [2.75, 3.05) is 0 Å². The number of aromatic nitrogens is 2. The first-order chi connectivity index (χ1) is 10.6. The first kappa shape index (κ1) is 14.1. The van der Waals surface area contributed by atoms with Gasteiger partial charge in [-0.25, -0.2) is 4.98 Å². The van der Waals surface area contributed by atoms with E-state index in [1.807, 2.05) is 56.3 Å². The summed E-state index contributed by atoms with van der Waals surface area (Å²) in [7, 11) is 0. The molecule has 22 heavy (non-hydrogen) atoms. The third-order valence-electron chi connectivity index (χ3n) is 3.61. The SMILES string of the molecule is C#Cc1cccc2nc(C(C)C)n(-c3ccccc3)c(=O)c12. The summed E-state index contributed by atoms with van der Waals surface area (Å²) < 4.78 is 1.66. The first-order valence-corrected chi connectivity index (χ1v) is 7.21. The molecule has 2 aromatic carbocycles. The van der Waals surface area contributed by atoms with Crippen LogP contribution in [-0.4, -0.2) is 9.55 Å². The minimum atomic E-state index is -0.117. The Morgan fingerprint density at radius 2 is 1.82 bits per heavy atom. The lowest BCUT2D eigenvalue weighted by Crippen LogP contribution is -2.25. The van der Waals surface area contributed by atoms with Crippen LogP contribution in [0.1, 0.15) is 31.2 Å². The van der Waals surface area contributed by atoms with Crippen molar-refractivity contribution in [3.8, 4) is 18.0 Å². The van der Waals surface area contributed by atoms with E-state index < -0.39 is 0 Å². The summed E-state index contributed by atoms with van der Waals surface area (Å²) >= 11 is 0. The number of rotatable bonds is 2. The predicted octanol–water partition coefficient (Wildman–Crippen LogP) is 3.49. The fraction of sp³-hybridized carbons (Fsp3) is 0.158. The van der Waals surface area contributed by atoms with E-state index >= 15 is 0 Å². The van der Waals surface area contributed by atoms with Crippen molar-refractivity contribution in [2.24, 2.45) is 0 Å². The van der Waals surface area contributed by atoms with Gasteiger partial charge in [-0.1, -0.05) is 44.0 Å². The van der Waals surface area contributed by atoms with Crippen molar-refractivity contribution in [3.63, 3.8) is 0 Å². The number of hydrogen-bond donors (Lipinski definition) is 0. The van der Waals surface area contributed by atoms with Crippen LogP contribution in [0.15, 0.2) is 53.3 Å². The lowest BCUT2D eigenvalue weighted by Gasteiger charge is -2.16. The number of terminal acetylenes is 1. The zero-order valence-corrected chi connectivity index (χ0v) is 12.6. The molecule has 3 aromatic rings. The second-order valence-corrected chi connectivity index (χ2v) is 5.44. The average Bonchev–Trinajstić information content (AvgIpc) is 2.54. The number of hydrogen-bond acceptors (Lipinski definition) is 2. The molecule has 3 nitrogen and oxygen atoms in total. The van der Waals surface area contributed by atoms with Crippen molar-refractivity contribution < 1.29 is 0 Å². The quantitative estimate of drug-likeness (QED) is 0.677. The van der Waals surface area contributed by atoms with Crippen molar-refractivity contribution in [1.82, 2.24) is 9.55 Å². The fourth-order valence-electron chi connectivity index (χ4n) is 2.58. The Morgan fingerprint density at radius 3 is 2.45 bits per heavy atom. The third kappa shape index (κ3) is 2.19. The van der Waals surface area contributed by atoms with Gasteiger partial charge in [0.1, 0.15) is 5.82 Å². The molecule has 0 saturated heterocycles. The Hall–Kier alpha value is -2.86. The van der Waals surface area contributed by atoms with Gasteiger partial charge >= 0.3 is 0 Å². The second kappa shape index (κ2) is 5.50. The van der Waals surface area contributed by atoms with Crippen LogP contribution in [-0.2, 0) is 0 Å². The van der Waals surface area contributed by atoms with Crippen molar-refractivity contribution in [1.29, 1.82) is 0 Å². The van der Waals surface area contributed by atoms with Gasteiger partial charge in [0.2, 0.25) is 0 Å². The van der Waals surface area contributed by atoms with Crippen molar-refractivity contribution in [3.05, 3.63) is 70.3 Å². The molecule has 0 radical (unpaired) electrons. The van der Waals surface area contributed by atoms with E-state index in [0.717, 1.165) is 11.5 Å². The first-order valence-electron chi connectivity index (χ1n) is 7.21. The van der Waals surface area contributed by atoms with Gasteiger partial charge in [0.05, 0.1) is 16.6 Å². The molecule has 0 unspecified atom stereocenters. The molecular formula is C19H16N2O. The van der Waals surface area contributed by atoms with E-state index in [4.69, 9.17) is 6.42 Å². The van der Waals surface area contributed by atoms with E-state index in [0.29, 0.717) is 16.5 Å². The molecule has 0 aliphatic heterocycles. The highest BCUT2D eigenvalue weighted by Gasteiger charge is 2.16. The molecule has 0 fully saturated rings. The van der Waals surface area contributed by atoms with E-state index in [-0.39, 0.29) is 11.5 Å². The minimum absolute atomic E-state index is 0.117.